The molecule has 3 aliphatic rings. The summed E-state index contributed by atoms with van der Waals surface area (Å²) in [7, 11) is 0. The highest BCUT2D eigenvalue weighted by atomic mass is 16.2. The van der Waals surface area contributed by atoms with E-state index in [0.29, 0.717) is 30.9 Å². The first-order valence-electron chi connectivity index (χ1n) is 9.74. The quantitative estimate of drug-likeness (QED) is 0.827. The Labute approximate surface area is 154 Å². The fraction of sp³-hybridized carbons (Fsp3) is 0.571. The summed E-state index contributed by atoms with van der Waals surface area (Å²) in [5.74, 6) is 2.00. The van der Waals surface area contributed by atoms with E-state index in [1.807, 2.05) is 12.1 Å². The Kier molecular flexibility index (Phi) is 4.55. The van der Waals surface area contributed by atoms with Crippen LogP contribution in [0.25, 0.3) is 0 Å². The Morgan fingerprint density at radius 1 is 1.12 bits per heavy atom. The van der Waals surface area contributed by atoms with Gasteiger partial charge in [0.15, 0.2) is 0 Å². The molecule has 0 aromatic heterocycles. The van der Waals surface area contributed by atoms with Crippen molar-refractivity contribution in [1.29, 1.82) is 0 Å². The molecule has 1 saturated heterocycles. The first kappa shape index (κ1) is 17.3. The first-order chi connectivity index (χ1) is 12.5. The second-order valence-corrected chi connectivity index (χ2v) is 8.17. The molecule has 1 N–H and O–H groups in total. The molecule has 0 spiro atoms. The lowest BCUT2D eigenvalue weighted by Gasteiger charge is -2.28. The van der Waals surface area contributed by atoms with Gasteiger partial charge >= 0.3 is 0 Å². The number of likely N-dealkylation sites (tertiary alicyclic amines) is 1. The summed E-state index contributed by atoms with van der Waals surface area (Å²) in [6, 6.07) is 7.43. The molecular weight excluding hydrogens is 328 g/mol. The van der Waals surface area contributed by atoms with Crippen LogP contribution in [0, 0.1) is 17.8 Å². The highest BCUT2D eigenvalue weighted by molar-refractivity contribution is 6.01. The molecule has 3 amide bonds. The average Bonchev–Trinajstić information content (AvgIpc) is 3.34. The Hall–Kier alpha value is -2.17. The molecule has 2 bridgehead atoms. The zero-order valence-electron chi connectivity index (χ0n) is 15.2. The summed E-state index contributed by atoms with van der Waals surface area (Å²) in [5, 5.41) is 3.17. The van der Waals surface area contributed by atoms with E-state index in [9.17, 15) is 14.4 Å². The Balaban J connectivity index is 1.35. The molecule has 0 unspecified atom stereocenters. The summed E-state index contributed by atoms with van der Waals surface area (Å²) in [6.07, 6.45) is 5.89. The van der Waals surface area contributed by atoms with Gasteiger partial charge in [0.2, 0.25) is 11.8 Å². The molecule has 2 aliphatic carbocycles. The van der Waals surface area contributed by atoms with Crippen molar-refractivity contribution in [2.24, 2.45) is 17.8 Å². The van der Waals surface area contributed by atoms with Gasteiger partial charge in [0.1, 0.15) is 0 Å². The third-order valence-corrected chi connectivity index (χ3v) is 6.51. The van der Waals surface area contributed by atoms with Crippen LogP contribution in [0.2, 0.25) is 0 Å². The number of carbonyl (C=O) groups excluding carboxylic acids is 3. The minimum Gasteiger partial charge on any atom is -0.349 e. The number of rotatable bonds is 5. The van der Waals surface area contributed by atoms with Crippen molar-refractivity contribution in [2.45, 2.75) is 58.0 Å². The second kappa shape index (κ2) is 6.86. The lowest BCUT2D eigenvalue weighted by Crippen LogP contribution is -2.40. The number of hydrogen-bond acceptors (Lipinski definition) is 3. The number of hydrogen-bond donors (Lipinski definition) is 1. The maximum atomic E-state index is 12.5. The van der Waals surface area contributed by atoms with E-state index in [2.05, 4.69) is 12.2 Å². The standard InChI is InChI=1S/C21H26N2O3/c1-13(18-11-15-4-7-17(18)10-15)22-21(26)16-5-2-14(3-6-16)12-23-19(24)8-9-20(23)25/h2-3,5-6,13,15,17-18H,4,7-12H2,1H3,(H,22,26)/t13-,15+,17+,18+/m1/s1. The minimum absolute atomic E-state index is 0.0415. The van der Waals surface area contributed by atoms with Crippen molar-refractivity contribution in [3.63, 3.8) is 0 Å². The van der Waals surface area contributed by atoms with Crippen LogP contribution in [-0.2, 0) is 16.1 Å². The normalized spacial score (nSPS) is 28.7. The third-order valence-electron chi connectivity index (χ3n) is 6.51. The molecule has 3 fully saturated rings. The topological polar surface area (TPSA) is 66.5 Å². The summed E-state index contributed by atoms with van der Waals surface area (Å²) < 4.78 is 0. The van der Waals surface area contributed by atoms with E-state index < -0.39 is 0 Å². The van der Waals surface area contributed by atoms with Gasteiger partial charge in [-0.05, 0) is 61.6 Å². The van der Waals surface area contributed by atoms with Gasteiger partial charge in [-0.25, -0.2) is 0 Å². The monoisotopic (exact) mass is 354 g/mol. The number of carbonyl (C=O) groups is 3. The van der Waals surface area contributed by atoms with Crippen molar-refractivity contribution in [2.75, 3.05) is 0 Å². The molecule has 4 atom stereocenters. The lowest BCUT2D eigenvalue weighted by molar-refractivity contribution is -0.139. The van der Waals surface area contributed by atoms with Crippen LogP contribution in [0.3, 0.4) is 0 Å². The fourth-order valence-corrected chi connectivity index (χ4v) is 5.05. The molecule has 1 aliphatic heterocycles. The number of nitrogens with one attached hydrogen (secondary N) is 1. The zero-order chi connectivity index (χ0) is 18.3. The molecule has 4 rings (SSSR count). The lowest BCUT2D eigenvalue weighted by atomic mass is 9.84. The van der Waals surface area contributed by atoms with Crippen molar-refractivity contribution in [3.05, 3.63) is 35.4 Å². The number of fused-ring (bicyclic) bond motifs is 2. The van der Waals surface area contributed by atoms with Gasteiger partial charge in [-0.15, -0.1) is 0 Å². The van der Waals surface area contributed by atoms with Gasteiger partial charge in [0, 0.05) is 24.4 Å². The fourth-order valence-electron chi connectivity index (χ4n) is 5.05. The van der Waals surface area contributed by atoms with Gasteiger partial charge in [0.25, 0.3) is 5.91 Å². The van der Waals surface area contributed by atoms with Crippen LogP contribution in [0.4, 0.5) is 0 Å². The predicted octanol–water partition coefficient (Wildman–Crippen LogP) is 2.89. The first-order valence-corrected chi connectivity index (χ1v) is 9.74. The molecule has 0 radical (unpaired) electrons. The molecular formula is C21H26N2O3. The number of nitrogens with zero attached hydrogens (tertiary/aromatic N) is 1. The number of amides is 3. The van der Waals surface area contributed by atoms with E-state index in [0.717, 1.165) is 17.4 Å². The smallest absolute Gasteiger partial charge is 0.251 e. The molecule has 5 nitrogen and oxygen atoms in total. The highest BCUT2D eigenvalue weighted by Gasteiger charge is 2.42. The van der Waals surface area contributed by atoms with Crippen molar-refractivity contribution in [3.8, 4) is 0 Å². The van der Waals surface area contributed by atoms with E-state index in [-0.39, 0.29) is 23.8 Å². The highest BCUT2D eigenvalue weighted by Crippen LogP contribution is 2.49. The molecule has 5 heteroatoms. The largest absolute Gasteiger partial charge is 0.349 e. The Bertz CT molecular complexity index is 711. The summed E-state index contributed by atoms with van der Waals surface area (Å²) in [6.45, 7) is 2.42. The summed E-state index contributed by atoms with van der Waals surface area (Å²) in [5.41, 5.74) is 1.49. The maximum Gasteiger partial charge on any atom is 0.251 e. The molecule has 2 saturated carbocycles. The Morgan fingerprint density at radius 3 is 2.38 bits per heavy atom. The average molecular weight is 354 g/mol. The van der Waals surface area contributed by atoms with Gasteiger partial charge in [-0.1, -0.05) is 18.6 Å². The Morgan fingerprint density at radius 2 is 1.81 bits per heavy atom. The van der Waals surface area contributed by atoms with E-state index in [4.69, 9.17) is 0 Å². The van der Waals surface area contributed by atoms with Crippen LogP contribution in [0.15, 0.2) is 24.3 Å². The van der Waals surface area contributed by atoms with Gasteiger partial charge in [0.05, 0.1) is 6.54 Å². The van der Waals surface area contributed by atoms with Gasteiger partial charge in [-0.2, -0.15) is 0 Å². The van der Waals surface area contributed by atoms with E-state index in [1.54, 1.807) is 12.1 Å². The molecule has 1 heterocycles. The minimum atomic E-state index is -0.114. The SMILES string of the molecule is C[C@@H](NC(=O)c1ccc(CN2C(=O)CCC2=O)cc1)[C@@H]1C[C@H]2CC[C@H]1C2. The zero-order valence-corrected chi connectivity index (χ0v) is 15.2. The van der Waals surface area contributed by atoms with Crippen molar-refractivity contribution in [1.82, 2.24) is 10.2 Å². The summed E-state index contributed by atoms with van der Waals surface area (Å²) >= 11 is 0. The van der Waals surface area contributed by atoms with Crippen LogP contribution < -0.4 is 5.32 Å². The second-order valence-electron chi connectivity index (χ2n) is 8.17. The third kappa shape index (κ3) is 3.27. The number of imide groups is 1. The molecule has 1 aromatic carbocycles. The summed E-state index contributed by atoms with van der Waals surface area (Å²) in [4.78, 5) is 37.3. The maximum absolute atomic E-state index is 12.5. The predicted molar refractivity (Wildman–Crippen MR) is 97.1 cm³/mol. The van der Waals surface area contributed by atoms with Gasteiger partial charge in [-0.3, -0.25) is 19.3 Å². The van der Waals surface area contributed by atoms with Gasteiger partial charge < -0.3 is 5.32 Å². The molecule has 26 heavy (non-hydrogen) atoms. The van der Waals surface area contributed by atoms with Crippen molar-refractivity contribution < 1.29 is 14.4 Å². The number of benzene rings is 1. The van der Waals surface area contributed by atoms with Crippen LogP contribution in [0.5, 0.6) is 0 Å². The molecule has 138 valence electrons. The van der Waals surface area contributed by atoms with Crippen LogP contribution in [0.1, 0.15) is 61.4 Å². The van der Waals surface area contributed by atoms with E-state index in [1.165, 1.54) is 30.6 Å². The van der Waals surface area contributed by atoms with Crippen LogP contribution in [-0.4, -0.2) is 28.7 Å². The van der Waals surface area contributed by atoms with E-state index >= 15 is 0 Å². The molecule has 1 aromatic rings. The van der Waals surface area contributed by atoms with Crippen molar-refractivity contribution >= 4 is 17.7 Å². The van der Waals surface area contributed by atoms with Crippen LogP contribution >= 0.6 is 0 Å².